The van der Waals surface area contributed by atoms with Crippen LogP contribution in [0.2, 0.25) is 0 Å². The van der Waals surface area contributed by atoms with E-state index in [1.807, 2.05) is 19.1 Å². The third kappa shape index (κ3) is 1.75. The Kier molecular flexibility index (Phi) is 3.24. The molecule has 0 saturated carbocycles. The van der Waals surface area contributed by atoms with Crippen LogP contribution in [-0.4, -0.2) is 41.0 Å². The second kappa shape index (κ2) is 4.73. The van der Waals surface area contributed by atoms with Gasteiger partial charge in [0.05, 0.1) is 25.0 Å². The second-order valence-electron chi connectivity index (χ2n) is 5.53. The number of hydrogen-bond donors (Lipinski definition) is 0. The van der Waals surface area contributed by atoms with Crippen molar-refractivity contribution >= 4 is 16.7 Å². The zero-order chi connectivity index (χ0) is 15.4. The Morgan fingerprint density at radius 3 is 2.52 bits per heavy atom. The summed E-state index contributed by atoms with van der Waals surface area (Å²) in [6.07, 6.45) is 0.737. The molecule has 1 unspecified atom stereocenters. The molecule has 0 aromatic heterocycles. The molecule has 1 amide bonds. The van der Waals surface area contributed by atoms with Crippen LogP contribution in [0.1, 0.15) is 25.0 Å². The van der Waals surface area contributed by atoms with Gasteiger partial charge in [-0.3, -0.25) is 9.00 Å². The van der Waals surface area contributed by atoms with Crippen molar-refractivity contribution in [3.8, 4) is 11.5 Å². The van der Waals surface area contributed by atoms with E-state index in [1.54, 1.807) is 26.0 Å². The van der Waals surface area contributed by atoms with Gasteiger partial charge >= 0.3 is 0 Å². The van der Waals surface area contributed by atoms with Crippen LogP contribution in [0.25, 0.3) is 0 Å². The zero-order valence-corrected chi connectivity index (χ0v) is 13.5. The van der Waals surface area contributed by atoms with Crippen molar-refractivity contribution in [1.82, 2.24) is 4.90 Å². The maximum absolute atomic E-state index is 12.8. The average molecular weight is 309 g/mol. The molecule has 2 aliphatic heterocycles. The summed E-state index contributed by atoms with van der Waals surface area (Å²) in [5, 5.41) is -0.464. The van der Waals surface area contributed by atoms with E-state index in [1.165, 1.54) is 0 Å². The van der Waals surface area contributed by atoms with Gasteiger partial charge in [-0.1, -0.05) is 0 Å². The maximum atomic E-state index is 12.8. The molecule has 1 saturated heterocycles. The van der Waals surface area contributed by atoms with Gasteiger partial charge in [-0.2, -0.15) is 0 Å². The maximum Gasteiger partial charge on any atom is 0.239 e. The summed E-state index contributed by atoms with van der Waals surface area (Å²) in [5.41, 5.74) is 1.98. The minimum atomic E-state index is -1.28. The molecule has 5 nitrogen and oxygen atoms in total. The van der Waals surface area contributed by atoms with E-state index in [0.29, 0.717) is 18.0 Å². The Labute approximate surface area is 126 Å². The first kappa shape index (κ1) is 14.4. The molecular weight excluding hydrogens is 290 g/mol. The number of carbonyl (C=O) groups excluding carboxylic acids is 1. The zero-order valence-electron chi connectivity index (χ0n) is 12.6. The van der Waals surface area contributed by atoms with E-state index >= 15 is 0 Å². The molecule has 6 heteroatoms. The smallest absolute Gasteiger partial charge is 0.239 e. The van der Waals surface area contributed by atoms with E-state index in [0.717, 1.165) is 17.5 Å². The van der Waals surface area contributed by atoms with Gasteiger partial charge in [-0.15, -0.1) is 0 Å². The molecule has 3 rings (SSSR count). The average Bonchev–Trinajstić information content (AvgIpc) is 2.67. The Morgan fingerprint density at radius 1 is 1.29 bits per heavy atom. The van der Waals surface area contributed by atoms with Crippen LogP contribution in [0.3, 0.4) is 0 Å². The predicted molar refractivity (Wildman–Crippen MR) is 79.9 cm³/mol. The van der Waals surface area contributed by atoms with E-state index in [2.05, 4.69) is 0 Å². The fraction of sp³-hybridized carbons (Fsp3) is 0.533. The number of carbonyl (C=O) groups is 1. The van der Waals surface area contributed by atoms with Crippen LogP contribution in [0.5, 0.6) is 11.5 Å². The van der Waals surface area contributed by atoms with Gasteiger partial charge in [0.1, 0.15) is 10.1 Å². The first-order valence-electron chi connectivity index (χ1n) is 6.92. The molecule has 0 bridgehead atoms. The highest BCUT2D eigenvalue weighted by Gasteiger charge is 2.56. The highest BCUT2D eigenvalue weighted by molar-refractivity contribution is 7.87. The van der Waals surface area contributed by atoms with Crippen molar-refractivity contribution in [2.45, 2.75) is 30.4 Å². The number of benzene rings is 1. The van der Waals surface area contributed by atoms with Crippen molar-refractivity contribution in [3.05, 3.63) is 23.3 Å². The third-order valence-corrected chi connectivity index (χ3v) is 6.62. The molecule has 1 aromatic carbocycles. The fourth-order valence-electron chi connectivity index (χ4n) is 3.34. The van der Waals surface area contributed by atoms with E-state index in [4.69, 9.17) is 9.47 Å². The normalized spacial score (nSPS) is 30.9. The highest BCUT2D eigenvalue weighted by atomic mass is 32.2. The number of ether oxygens (including phenoxy) is 2. The molecule has 2 heterocycles. The van der Waals surface area contributed by atoms with Gasteiger partial charge in [-0.25, -0.2) is 0 Å². The molecule has 21 heavy (non-hydrogen) atoms. The summed E-state index contributed by atoms with van der Waals surface area (Å²) in [6.45, 7) is 4.21. The van der Waals surface area contributed by atoms with Crippen LogP contribution in [0.15, 0.2) is 12.1 Å². The van der Waals surface area contributed by atoms with E-state index in [9.17, 15) is 9.00 Å². The SMILES string of the molecule is COc1cc2c(cc1OC)[C@]1(C)N(CC2)C(=O)[C@H](C)S1=O. The molecule has 0 N–H and O–H groups in total. The van der Waals surface area contributed by atoms with Crippen molar-refractivity contribution in [1.29, 1.82) is 0 Å². The van der Waals surface area contributed by atoms with Crippen molar-refractivity contribution in [2.24, 2.45) is 0 Å². The lowest BCUT2D eigenvalue weighted by Gasteiger charge is -2.40. The third-order valence-electron chi connectivity index (χ3n) is 4.56. The van der Waals surface area contributed by atoms with Gasteiger partial charge in [0.15, 0.2) is 11.5 Å². The molecule has 3 atom stereocenters. The highest BCUT2D eigenvalue weighted by Crippen LogP contribution is 2.47. The molecule has 1 fully saturated rings. The minimum absolute atomic E-state index is 0.0312. The van der Waals surface area contributed by atoms with Crippen molar-refractivity contribution in [2.75, 3.05) is 20.8 Å². The molecule has 1 aromatic rings. The fourth-order valence-corrected chi connectivity index (χ4v) is 5.15. The first-order valence-corrected chi connectivity index (χ1v) is 8.14. The minimum Gasteiger partial charge on any atom is -0.493 e. The topological polar surface area (TPSA) is 55.8 Å². The lowest BCUT2D eigenvalue weighted by atomic mass is 9.92. The number of methoxy groups -OCH3 is 2. The number of hydrogen-bond acceptors (Lipinski definition) is 4. The van der Waals surface area contributed by atoms with Gasteiger partial charge in [-0.05, 0) is 43.5 Å². The summed E-state index contributed by atoms with van der Waals surface area (Å²) >= 11 is 0. The van der Waals surface area contributed by atoms with Gasteiger partial charge < -0.3 is 14.4 Å². The lowest BCUT2D eigenvalue weighted by Crippen LogP contribution is -2.47. The molecule has 114 valence electrons. The van der Waals surface area contributed by atoms with Crippen LogP contribution in [-0.2, 0) is 26.9 Å². The van der Waals surface area contributed by atoms with E-state index in [-0.39, 0.29) is 5.91 Å². The van der Waals surface area contributed by atoms with E-state index < -0.39 is 20.9 Å². The number of amides is 1. The lowest BCUT2D eigenvalue weighted by molar-refractivity contribution is -0.132. The summed E-state index contributed by atoms with van der Waals surface area (Å²) in [5.74, 6) is 1.23. The van der Waals surface area contributed by atoms with Gasteiger partial charge in [0.25, 0.3) is 0 Å². The number of nitrogens with zero attached hydrogens (tertiary/aromatic N) is 1. The second-order valence-corrected chi connectivity index (χ2v) is 7.62. The monoisotopic (exact) mass is 309 g/mol. The number of rotatable bonds is 2. The van der Waals surface area contributed by atoms with Crippen LogP contribution < -0.4 is 9.47 Å². The van der Waals surface area contributed by atoms with Crippen molar-refractivity contribution in [3.63, 3.8) is 0 Å². The number of fused-ring (bicyclic) bond motifs is 3. The van der Waals surface area contributed by atoms with Gasteiger partial charge in [0, 0.05) is 6.54 Å². The van der Waals surface area contributed by atoms with Crippen LogP contribution >= 0.6 is 0 Å². The van der Waals surface area contributed by atoms with Crippen LogP contribution in [0.4, 0.5) is 0 Å². The Balaban J connectivity index is 2.22. The summed E-state index contributed by atoms with van der Waals surface area (Å²) < 4.78 is 23.5. The molecule has 0 aliphatic carbocycles. The van der Waals surface area contributed by atoms with Crippen molar-refractivity contribution < 1.29 is 18.5 Å². The predicted octanol–water partition coefficient (Wildman–Crippen LogP) is 1.41. The Morgan fingerprint density at radius 2 is 1.90 bits per heavy atom. The van der Waals surface area contributed by atoms with Gasteiger partial charge in [0.2, 0.25) is 5.91 Å². The summed E-state index contributed by atoms with van der Waals surface area (Å²) in [6, 6.07) is 3.80. The molecule has 0 radical (unpaired) electrons. The Hall–Kier alpha value is -1.56. The molecule has 0 spiro atoms. The van der Waals surface area contributed by atoms with Crippen LogP contribution in [0, 0.1) is 0 Å². The summed E-state index contributed by atoms with van der Waals surface area (Å²) in [4.78, 5) is 13.3. The Bertz CT molecular complexity index is 645. The molecular formula is C15H19NO4S. The largest absolute Gasteiger partial charge is 0.493 e. The summed E-state index contributed by atoms with van der Waals surface area (Å²) in [7, 11) is 1.89. The first-order chi connectivity index (χ1) is 9.94. The quantitative estimate of drug-likeness (QED) is 0.829. The standard InChI is InChI=1S/C15H19NO4S/c1-9-14(17)16-6-5-10-7-12(19-3)13(20-4)8-11(10)15(16,2)21(9)18/h7-9H,5-6H2,1-4H3/t9-,15+,21?/m0/s1. The molecule has 2 aliphatic rings.